The van der Waals surface area contributed by atoms with Crippen LogP contribution in [0, 0.1) is 5.92 Å². The maximum atomic E-state index is 6.31. The Morgan fingerprint density at radius 3 is 2.50 bits per heavy atom. The molecule has 1 rings (SSSR count). The quantitative estimate of drug-likeness (QED) is 0.482. The van der Waals surface area contributed by atoms with E-state index >= 15 is 0 Å². The molecule has 102 valence electrons. The van der Waals surface area contributed by atoms with Gasteiger partial charge in [0.05, 0.1) is 0 Å². The molecule has 1 aromatic rings. The van der Waals surface area contributed by atoms with Crippen molar-refractivity contribution in [3.8, 4) is 0 Å². The lowest BCUT2D eigenvalue weighted by Gasteiger charge is -2.22. The van der Waals surface area contributed by atoms with Crippen molar-refractivity contribution in [3.63, 3.8) is 0 Å². The average molecular weight is 332 g/mol. The second kappa shape index (κ2) is 8.98. The largest absolute Gasteiger partial charge is 0.0921 e. The van der Waals surface area contributed by atoms with Crippen LogP contribution in [0.25, 0.3) is 0 Å². The molecule has 2 atom stereocenters. The Hall–Kier alpha value is -0.0100. The Morgan fingerprint density at radius 1 is 1.22 bits per heavy atom. The first kappa shape index (κ1) is 16.0. The summed E-state index contributed by atoms with van der Waals surface area (Å²) >= 11 is 9.96. The SMILES string of the molecule is CCCCC(CC)CC(CBr)c1ccccc1Cl. The van der Waals surface area contributed by atoms with Crippen LogP contribution in [0.15, 0.2) is 24.3 Å². The number of rotatable bonds is 8. The van der Waals surface area contributed by atoms with Gasteiger partial charge in [0, 0.05) is 10.4 Å². The zero-order chi connectivity index (χ0) is 13.4. The number of alkyl halides is 1. The van der Waals surface area contributed by atoms with Gasteiger partial charge < -0.3 is 0 Å². The Bertz CT molecular complexity index is 338. The first-order valence-corrected chi connectivity index (χ1v) is 8.53. The highest BCUT2D eigenvalue weighted by Gasteiger charge is 2.17. The maximum Gasteiger partial charge on any atom is 0.0441 e. The van der Waals surface area contributed by atoms with Gasteiger partial charge in [0.25, 0.3) is 0 Å². The number of halogens is 2. The van der Waals surface area contributed by atoms with Crippen LogP contribution in [0.2, 0.25) is 5.02 Å². The van der Waals surface area contributed by atoms with Gasteiger partial charge in [-0.25, -0.2) is 0 Å². The van der Waals surface area contributed by atoms with E-state index in [2.05, 4.69) is 41.9 Å². The molecule has 0 fully saturated rings. The predicted molar refractivity (Wildman–Crippen MR) is 85.9 cm³/mol. The highest BCUT2D eigenvalue weighted by molar-refractivity contribution is 9.09. The highest BCUT2D eigenvalue weighted by atomic mass is 79.9. The molecule has 1 aromatic carbocycles. The van der Waals surface area contributed by atoms with Gasteiger partial charge in [-0.3, -0.25) is 0 Å². The third-order valence-corrected chi connectivity index (χ3v) is 4.82. The van der Waals surface area contributed by atoms with Crippen molar-refractivity contribution in [3.05, 3.63) is 34.9 Å². The fraction of sp³-hybridized carbons (Fsp3) is 0.625. The van der Waals surface area contributed by atoms with Crippen LogP contribution in [-0.2, 0) is 0 Å². The number of hydrogen-bond donors (Lipinski definition) is 0. The molecule has 0 saturated heterocycles. The van der Waals surface area contributed by atoms with Gasteiger partial charge in [0.2, 0.25) is 0 Å². The molecule has 18 heavy (non-hydrogen) atoms. The number of unbranched alkanes of at least 4 members (excludes halogenated alkanes) is 1. The fourth-order valence-electron chi connectivity index (χ4n) is 2.46. The summed E-state index contributed by atoms with van der Waals surface area (Å²) in [5, 5.41) is 1.91. The third kappa shape index (κ3) is 4.93. The zero-order valence-electron chi connectivity index (χ0n) is 11.5. The summed E-state index contributed by atoms with van der Waals surface area (Å²) in [6, 6.07) is 8.26. The van der Waals surface area contributed by atoms with E-state index in [0.29, 0.717) is 5.92 Å². The van der Waals surface area contributed by atoms with Gasteiger partial charge in [-0.1, -0.05) is 85.3 Å². The van der Waals surface area contributed by atoms with Gasteiger partial charge in [-0.05, 0) is 29.9 Å². The minimum atomic E-state index is 0.542. The second-order valence-electron chi connectivity index (χ2n) is 5.02. The number of hydrogen-bond acceptors (Lipinski definition) is 0. The molecule has 0 aliphatic heterocycles. The summed E-state index contributed by atoms with van der Waals surface area (Å²) in [6.45, 7) is 4.57. The highest BCUT2D eigenvalue weighted by Crippen LogP contribution is 2.33. The molecule has 0 nitrogen and oxygen atoms in total. The topological polar surface area (TPSA) is 0 Å². The van der Waals surface area contributed by atoms with Crippen LogP contribution >= 0.6 is 27.5 Å². The lowest BCUT2D eigenvalue weighted by atomic mass is 9.86. The van der Waals surface area contributed by atoms with E-state index < -0.39 is 0 Å². The van der Waals surface area contributed by atoms with Crippen molar-refractivity contribution in [1.29, 1.82) is 0 Å². The van der Waals surface area contributed by atoms with Crippen molar-refractivity contribution in [2.24, 2.45) is 5.92 Å². The summed E-state index contributed by atoms with van der Waals surface area (Å²) in [5.41, 5.74) is 1.30. The standard InChI is InChI=1S/C16H24BrCl/c1-3-5-8-13(4-2)11-14(12-17)15-9-6-7-10-16(15)18/h6-7,9-10,13-14H,3-5,8,11-12H2,1-2H3. The van der Waals surface area contributed by atoms with Gasteiger partial charge in [0.15, 0.2) is 0 Å². The predicted octanol–water partition coefficient (Wildman–Crippen LogP) is 6.43. The fourth-order valence-corrected chi connectivity index (χ4v) is 3.37. The molecule has 0 N–H and O–H groups in total. The van der Waals surface area contributed by atoms with E-state index in [-0.39, 0.29) is 0 Å². The first-order valence-electron chi connectivity index (χ1n) is 7.03. The van der Waals surface area contributed by atoms with Crippen LogP contribution in [-0.4, -0.2) is 5.33 Å². The van der Waals surface area contributed by atoms with Gasteiger partial charge in [0.1, 0.15) is 0 Å². The van der Waals surface area contributed by atoms with Crippen LogP contribution in [0.1, 0.15) is 57.4 Å². The molecule has 2 heteroatoms. The minimum Gasteiger partial charge on any atom is -0.0921 e. The van der Waals surface area contributed by atoms with Crippen LogP contribution in [0.3, 0.4) is 0 Å². The lowest BCUT2D eigenvalue weighted by molar-refractivity contribution is 0.397. The summed E-state index contributed by atoms with van der Waals surface area (Å²) in [4.78, 5) is 0. The van der Waals surface area contributed by atoms with Crippen molar-refractivity contribution < 1.29 is 0 Å². The molecule has 0 aliphatic carbocycles. The molecule has 0 aliphatic rings. The molecule has 0 amide bonds. The van der Waals surface area contributed by atoms with E-state index in [1.165, 1.54) is 37.7 Å². The zero-order valence-corrected chi connectivity index (χ0v) is 13.8. The average Bonchev–Trinajstić information content (AvgIpc) is 2.40. The van der Waals surface area contributed by atoms with Crippen LogP contribution < -0.4 is 0 Å². The molecule has 0 bridgehead atoms. The molecular weight excluding hydrogens is 308 g/mol. The molecule has 0 spiro atoms. The number of benzene rings is 1. The maximum absolute atomic E-state index is 6.31. The van der Waals surface area contributed by atoms with Crippen molar-refractivity contribution in [1.82, 2.24) is 0 Å². The molecule has 0 radical (unpaired) electrons. The molecule has 2 unspecified atom stereocenters. The van der Waals surface area contributed by atoms with Gasteiger partial charge in [-0.15, -0.1) is 0 Å². The van der Waals surface area contributed by atoms with E-state index in [0.717, 1.165) is 16.3 Å². The van der Waals surface area contributed by atoms with Gasteiger partial charge >= 0.3 is 0 Å². The van der Waals surface area contributed by atoms with E-state index in [4.69, 9.17) is 11.6 Å². The summed E-state index contributed by atoms with van der Waals surface area (Å²) < 4.78 is 0. The minimum absolute atomic E-state index is 0.542. The van der Waals surface area contributed by atoms with Crippen molar-refractivity contribution >= 4 is 27.5 Å². The summed E-state index contributed by atoms with van der Waals surface area (Å²) in [7, 11) is 0. The Kier molecular flexibility index (Phi) is 8.01. The van der Waals surface area contributed by atoms with Crippen LogP contribution in [0.5, 0.6) is 0 Å². The van der Waals surface area contributed by atoms with Gasteiger partial charge in [-0.2, -0.15) is 0 Å². The smallest absolute Gasteiger partial charge is 0.0441 e. The molecular formula is C16H24BrCl. The summed E-state index contributed by atoms with van der Waals surface area (Å²) in [6.07, 6.45) is 6.50. The normalized spacial score (nSPS) is 14.4. The van der Waals surface area contributed by atoms with Crippen molar-refractivity contribution in [2.75, 3.05) is 5.33 Å². The Morgan fingerprint density at radius 2 is 1.94 bits per heavy atom. The monoisotopic (exact) mass is 330 g/mol. The third-order valence-electron chi connectivity index (χ3n) is 3.69. The Labute approximate surface area is 125 Å². The Balaban J connectivity index is 2.68. The molecule has 0 heterocycles. The second-order valence-corrected chi connectivity index (χ2v) is 6.08. The molecule has 0 saturated carbocycles. The van der Waals surface area contributed by atoms with Crippen LogP contribution in [0.4, 0.5) is 0 Å². The summed E-state index contributed by atoms with van der Waals surface area (Å²) in [5.74, 6) is 1.37. The van der Waals surface area contributed by atoms with Crippen molar-refractivity contribution in [2.45, 2.75) is 51.9 Å². The first-order chi connectivity index (χ1) is 8.72. The van der Waals surface area contributed by atoms with E-state index in [1.807, 2.05) is 12.1 Å². The molecule has 0 aromatic heterocycles. The van der Waals surface area contributed by atoms with E-state index in [9.17, 15) is 0 Å². The lowest BCUT2D eigenvalue weighted by Crippen LogP contribution is -2.09. The van der Waals surface area contributed by atoms with E-state index in [1.54, 1.807) is 0 Å².